The maximum Gasteiger partial charge on any atom is 0.216 e. The van der Waals surface area contributed by atoms with Crippen LogP contribution in [0.15, 0.2) is 24.3 Å². The van der Waals surface area contributed by atoms with Crippen molar-refractivity contribution in [2.24, 2.45) is 0 Å². The first-order valence-electron chi connectivity index (χ1n) is 7.67. The van der Waals surface area contributed by atoms with Gasteiger partial charge in [0.15, 0.2) is 0 Å². The zero-order chi connectivity index (χ0) is 15.9. The number of benzene rings is 1. The number of hydrogen-bond acceptors (Lipinski definition) is 3. The summed E-state index contributed by atoms with van der Waals surface area (Å²) in [5.74, 6) is 0.0407. The molecule has 2 N–H and O–H groups in total. The van der Waals surface area contributed by atoms with Crippen molar-refractivity contribution in [1.82, 2.24) is 10.0 Å². The van der Waals surface area contributed by atoms with Gasteiger partial charge >= 0.3 is 0 Å². The summed E-state index contributed by atoms with van der Waals surface area (Å²) < 4.78 is 27.1. The summed E-state index contributed by atoms with van der Waals surface area (Å²) in [5, 5.41) is 3.34. The second kappa shape index (κ2) is 8.51. The zero-order valence-electron chi connectivity index (χ0n) is 13.5. The van der Waals surface area contributed by atoms with E-state index in [4.69, 9.17) is 0 Å². The van der Waals surface area contributed by atoms with Crippen molar-refractivity contribution >= 4 is 10.0 Å². The van der Waals surface area contributed by atoms with E-state index in [9.17, 15) is 8.42 Å². The Kier molecular flexibility index (Phi) is 7.35. The molecule has 0 radical (unpaired) electrons. The smallest absolute Gasteiger partial charge is 0.216 e. The normalized spacial score (nSPS) is 12.3. The molecule has 0 saturated carbocycles. The second-order valence-electron chi connectivity index (χ2n) is 5.75. The van der Waals surface area contributed by atoms with Crippen LogP contribution in [-0.4, -0.2) is 20.5 Å². The zero-order valence-corrected chi connectivity index (χ0v) is 14.3. The molecule has 0 saturated heterocycles. The molecule has 120 valence electrons. The van der Waals surface area contributed by atoms with E-state index in [1.807, 2.05) is 38.1 Å². The van der Waals surface area contributed by atoms with Crippen LogP contribution >= 0.6 is 0 Å². The number of rotatable bonds is 9. The molecule has 0 aliphatic heterocycles. The minimum absolute atomic E-state index is 0.0285. The molecule has 0 aromatic heterocycles. The molecule has 0 unspecified atom stereocenters. The van der Waals surface area contributed by atoms with E-state index in [0.29, 0.717) is 6.04 Å². The standard InChI is InChI=1S/C16H28N2O2S/c1-5-16(6-2)18-21(19,20)12-15-9-7-8-14(10-15)11-17-13(3)4/h7-10,13,16-18H,5-6,11-12H2,1-4H3. The molecular weight excluding hydrogens is 284 g/mol. The van der Waals surface area contributed by atoms with Crippen molar-refractivity contribution in [2.45, 2.75) is 64.9 Å². The average molecular weight is 312 g/mol. The van der Waals surface area contributed by atoms with Gasteiger partial charge in [0.05, 0.1) is 5.75 Å². The van der Waals surface area contributed by atoms with Crippen molar-refractivity contribution in [3.8, 4) is 0 Å². The number of nitrogens with one attached hydrogen (secondary N) is 2. The van der Waals surface area contributed by atoms with Gasteiger partial charge in [0.25, 0.3) is 0 Å². The Hall–Kier alpha value is -0.910. The van der Waals surface area contributed by atoms with Gasteiger partial charge in [-0.05, 0) is 24.0 Å². The summed E-state index contributed by atoms with van der Waals surface area (Å²) in [6.07, 6.45) is 1.63. The molecule has 0 atom stereocenters. The van der Waals surface area contributed by atoms with E-state index in [1.165, 1.54) is 0 Å². The van der Waals surface area contributed by atoms with Crippen LogP contribution in [0.3, 0.4) is 0 Å². The fraction of sp³-hybridized carbons (Fsp3) is 0.625. The molecule has 0 spiro atoms. The van der Waals surface area contributed by atoms with Crippen molar-refractivity contribution in [2.75, 3.05) is 0 Å². The molecule has 0 heterocycles. The molecule has 1 rings (SSSR count). The lowest BCUT2D eigenvalue weighted by Crippen LogP contribution is -2.34. The fourth-order valence-electron chi connectivity index (χ4n) is 2.12. The maximum atomic E-state index is 12.2. The second-order valence-corrected chi connectivity index (χ2v) is 7.50. The van der Waals surface area contributed by atoms with E-state index in [1.54, 1.807) is 0 Å². The van der Waals surface area contributed by atoms with E-state index < -0.39 is 10.0 Å². The third kappa shape index (κ3) is 7.07. The van der Waals surface area contributed by atoms with E-state index in [2.05, 4.69) is 23.9 Å². The van der Waals surface area contributed by atoms with E-state index in [0.717, 1.165) is 30.5 Å². The lowest BCUT2D eigenvalue weighted by molar-refractivity contribution is 0.529. The average Bonchev–Trinajstić information content (AvgIpc) is 2.42. The molecule has 0 bridgehead atoms. The van der Waals surface area contributed by atoms with Crippen molar-refractivity contribution in [1.29, 1.82) is 0 Å². The third-order valence-electron chi connectivity index (χ3n) is 3.39. The Labute approximate surface area is 129 Å². The minimum Gasteiger partial charge on any atom is -0.310 e. The van der Waals surface area contributed by atoms with Gasteiger partial charge in [-0.3, -0.25) is 0 Å². The van der Waals surface area contributed by atoms with Gasteiger partial charge in [-0.25, -0.2) is 13.1 Å². The molecule has 0 fully saturated rings. The van der Waals surface area contributed by atoms with Crippen LogP contribution in [0.5, 0.6) is 0 Å². The largest absolute Gasteiger partial charge is 0.310 e. The molecule has 5 heteroatoms. The molecule has 1 aromatic carbocycles. The highest BCUT2D eigenvalue weighted by Gasteiger charge is 2.16. The highest BCUT2D eigenvalue weighted by atomic mass is 32.2. The molecule has 4 nitrogen and oxygen atoms in total. The quantitative estimate of drug-likeness (QED) is 0.737. The first-order valence-corrected chi connectivity index (χ1v) is 9.32. The Bertz CT molecular complexity index is 523. The summed E-state index contributed by atoms with van der Waals surface area (Å²) >= 11 is 0. The Morgan fingerprint density at radius 3 is 2.29 bits per heavy atom. The summed E-state index contributed by atoms with van der Waals surface area (Å²) in [7, 11) is -3.28. The Morgan fingerprint density at radius 1 is 1.10 bits per heavy atom. The lowest BCUT2D eigenvalue weighted by Gasteiger charge is -2.15. The number of sulfonamides is 1. The van der Waals surface area contributed by atoms with Crippen LogP contribution in [0.4, 0.5) is 0 Å². The lowest BCUT2D eigenvalue weighted by atomic mass is 10.1. The first-order chi connectivity index (χ1) is 9.86. The van der Waals surface area contributed by atoms with Gasteiger partial charge < -0.3 is 5.32 Å². The van der Waals surface area contributed by atoms with Crippen molar-refractivity contribution in [3.05, 3.63) is 35.4 Å². The van der Waals surface area contributed by atoms with Gasteiger partial charge in [0, 0.05) is 18.6 Å². The van der Waals surface area contributed by atoms with Crippen molar-refractivity contribution < 1.29 is 8.42 Å². The van der Waals surface area contributed by atoms with Crippen LogP contribution < -0.4 is 10.0 Å². The van der Waals surface area contributed by atoms with Gasteiger partial charge in [-0.2, -0.15) is 0 Å². The van der Waals surface area contributed by atoms with Crippen LogP contribution in [0.2, 0.25) is 0 Å². The predicted molar refractivity (Wildman–Crippen MR) is 88.5 cm³/mol. The monoisotopic (exact) mass is 312 g/mol. The molecule has 0 aliphatic rings. The minimum atomic E-state index is -3.28. The van der Waals surface area contributed by atoms with Gasteiger partial charge in [-0.1, -0.05) is 52.0 Å². The van der Waals surface area contributed by atoms with Crippen LogP contribution in [0.25, 0.3) is 0 Å². The number of hydrogen-bond donors (Lipinski definition) is 2. The molecular formula is C16H28N2O2S. The fourth-order valence-corrected chi connectivity index (χ4v) is 3.66. The van der Waals surface area contributed by atoms with Crippen LogP contribution in [0, 0.1) is 0 Å². The van der Waals surface area contributed by atoms with Gasteiger partial charge in [0.1, 0.15) is 0 Å². The highest BCUT2D eigenvalue weighted by Crippen LogP contribution is 2.10. The highest BCUT2D eigenvalue weighted by molar-refractivity contribution is 7.88. The van der Waals surface area contributed by atoms with Gasteiger partial charge in [0.2, 0.25) is 10.0 Å². The van der Waals surface area contributed by atoms with Crippen molar-refractivity contribution in [3.63, 3.8) is 0 Å². The molecule has 0 amide bonds. The third-order valence-corrected chi connectivity index (χ3v) is 4.80. The van der Waals surface area contributed by atoms with Gasteiger partial charge in [-0.15, -0.1) is 0 Å². The van der Waals surface area contributed by atoms with E-state index in [-0.39, 0.29) is 11.8 Å². The summed E-state index contributed by atoms with van der Waals surface area (Å²) in [5.41, 5.74) is 1.94. The Morgan fingerprint density at radius 2 is 1.71 bits per heavy atom. The topological polar surface area (TPSA) is 58.2 Å². The van der Waals surface area contributed by atoms with Crippen LogP contribution in [-0.2, 0) is 22.3 Å². The molecule has 21 heavy (non-hydrogen) atoms. The molecule has 0 aliphatic carbocycles. The predicted octanol–water partition coefficient (Wildman–Crippen LogP) is 2.79. The first kappa shape index (κ1) is 18.1. The SMILES string of the molecule is CCC(CC)NS(=O)(=O)Cc1cccc(CNC(C)C)c1. The summed E-state index contributed by atoms with van der Waals surface area (Å²) in [4.78, 5) is 0. The summed E-state index contributed by atoms with van der Waals surface area (Å²) in [6, 6.07) is 8.20. The van der Waals surface area contributed by atoms with E-state index >= 15 is 0 Å². The molecule has 1 aromatic rings. The Balaban J connectivity index is 2.71. The maximum absolute atomic E-state index is 12.2. The summed E-state index contributed by atoms with van der Waals surface area (Å²) in [6.45, 7) is 8.93. The van der Waals surface area contributed by atoms with Crippen LogP contribution in [0.1, 0.15) is 51.7 Å².